The third-order valence-electron chi connectivity index (χ3n) is 4.10. The zero-order valence-electron chi connectivity index (χ0n) is 15.1. The topological polar surface area (TPSA) is 81.1 Å². The molecule has 2 atom stereocenters. The van der Waals surface area contributed by atoms with Crippen molar-refractivity contribution in [3.8, 4) is 5.82 Å². The standard InChI is InChI=1S/C17H23N5O2.2ClH/c1-11-8-12(2)22(21-11)15-5-4-14(9-19-15)10-20-17(23)16-13(3)24-7-6-18-16;;/h4-5,8-9,13,16,18H,6-7,10H2,1-3H3,(H,20,23);2*1H/t13-,16+;;/m1../s1. The normalized spacial score (nSPS) is 19.2. The SMILES string of the molecule is Cc1cc(C)n(-c2ccc(CNC(=O)[C@H]3NCCO[C@@H]3C)cn2)n1.Cl.Cl. The van der Waals surface area contributed by atoms with Crippen LogP contribution in [0.25, 0.3) is 5.82 Å². The molecule has 0 bridgehead atoms. The molecule has 0 unspecified atom stereocenters. The van der Waals surface area contributed by atoms with E-state index in [0.29, 0.717) is 19.7 Å². The molecular formula is C17H25Cl2N5O2. The Balaban J connectivity index is 0.00000169. The third-order valence-corrected chi connectivity index (χ3v) is 4.10. The van der Waals surface area contributed by atoms with Crippen molar-refractivity contribution in [2.24, 2.45) is 0 Å². The van der Waals surface area contributed by atoms with Crippen LogP contribution in [-0.4, -0.2) is 46.0 Å². The second-order valence-electron chi connectivity index (χ2n) is 6.09. The number of aryl methyl sites for hydroxylation is 2. The van der Waals surface area contributed by atoms with Crippen LogP contribution in [0.4, 0.5) is 0 Å². The molecule has 0 saturated carbocycles. The van der Waals surface area contributed by atoms with Crippen LogP contribution in [0.2, 0.25) is 0 Å². The molecule has 1 aliphatic heterocycles. The Morgan fingerprint density at radius 2 is 2.15 bits per heavy atom. The van der Waals surface area contributed by atoms with Gasteiger partial charge in [-0.15, -0.1) is 24.8 Å². The molecule has 26 heavy (non-hydrogen) atoms. The maximum Gasteiger partial charge on any atom is 0.240 e. The number of halogens is 2. The highest BCUT2D eigenvalue weighted by molar-refractivity contribution is 5.85. The minimum Gasteiger partial charge on any atom is -0.375 e. The number of nitrogens with zero attached hydrogens (tertiary/aromatic N) is 3. The molecule has 144 valence electrons. The van der Waals surface area contributed by atoms with Crippen LogP contribution in [-0.2, 0) is 16.1 Å². The molecule has 1 amide bonds. The maximum atomic E-state index is 12.2. The fourth-order valence-electron chi connectivity index (χ4n) is 2.83. The number of hydrogen-bond acceptors (Lipinski definition) is 5. The van der Waals surface area contributed by atoms with Gasteiger partial charge in [0, 0.05) is 25.0 Å². The molecular weight excluding hydrogens is 377 g/mol. The Hall–Kier alpha value is -1.67. The van der Waals surface area contributed by atoms with E-state index in [0.717, 1.165) is 22.8 Å². The molecule has 1 fully saturated rings. The number of rotatable bonds is 4. The van der Waals surface area contributed by atoms with Crippen LogP contribution < -0.4 is 10.6 Å². The van der Waals surface area contributed by atoms with Crippen molar-refractivity contribution in [2.45, 2.75) is 39.5 Å². The molecule has 0 spiro atoms. The first-order valence-electron chi connectivity index (χ1n) is 8.16. The van der Waals surface area contributed by atoms with Gasteiger partial charge in [-0.3, -0.25) is 4.79 Å². The summed E-state index contributed by atoms with van der Waals surface area (Å²) in [6.07, 6.45) is 1.64. The van der Waals surface area contributed by atoms with E-state index in [1.54, 1.807) is 6.20 Å². The van der Waals surface area contributed by atoms with Gasteiger partial charge in [-0.25, -0.2) is 9.67 Å². The molecule has 2 aromatic rings. The number of ether oxygens (including phenoxy) is 1. The summed E-state index contributed by atoms with van der Waals surface area (Å²) in [4.78, 5) is 16.7. The zero-order valence-corrected chi connectivity index (χ0v) is 16.7. The van der Waals surface area contributed by atoms with Crippen molar-refractivity contribution < 1.29 is 9.53 Å². The second kappa shape index (κ2) is 9.87. The fraction of sp³-hybridized carbons (Fsp3) is 0.471. The van der Waals surface area contributed by atoms with Gasteiger partial charge >= 0.3 is 0 Å². The summed E-state index contributed by atoms with van der Waals surface area (Å²) in [6, 6.07) is 5.57. The molecule has 0 radical (unpaired) electrons. The highest BCUT2D eigenvalue weighted by atomic mass is 35.5. The fourth-order valence-corrected chi connectivity index (χ4v) is 2.83. The molecule has 0 aromatic carbocycles. The monoisotopic (exact) mass is 401 g/mol. The summed E-state index contributed by atoms with van der Waals surface area (Å²) < 4.78 is 7.30. The van der Waals surface area contributed by atoms with Crippen LogP contribution >= 0.6 is 24.8 Å². The van der Waals surface area contributed by atoms with E-state index in [-0.39, 0.29) is 42.9 Å². The number of carbonyl (C=O) groups excluding carboxylic acids is 1. The van der Waals surface area contributed by atoms with Crippen molar-refractivity contribution in [3.05, 3.63) is 41.3 Å². The van der Waals surface area contributed by atoms with E-state index in [9.17, 15) is 4.79 Å². The number of nitrogens with one attached hydrogen (secondary N) is 2. The van der Waals surface area contributed by atoms with Crippen LogP contribution in [0.5, 0.6) is 0 Å². The smallest absolute Gasteiger partial charge is 0.240 e. The molecule has 9 heteroatoms. The summed E-state index contributed by atoms with van der Waals surface area (Å²) in [5.74, 6) is 0.719. The Kier molecular flexibility index (Phi) is 8.49. The molecule has 3 rings (SSSR count). The lowest BCUT2D eigenvalue weighted by atomic mass is 10.1. The van der Waals surface area contributed by atoms with E-state index in [2.05, 4.69) is 20.7 Å². The average molecular weight is 402 g/mol. The van der Waals surface area contributed by atoms with Gasteiger partial charge in [0.25, 0.3) is 0 Å². The minimum absolute atomic E-state index is 0. The molecule has 7 nitrogen and oxygen atoms in total. The number of morpholine rings is 1. The lowest BCUT2D eigenvalue weighted by Gasteiger charge is -2.29. The second-order valence-corrected chi connectivity index (χ2v) is 6.09. The predicted molar refractivity (Wildman–Crippen MR) is 104 cm³/mol. The van der Waals surface area contributed by atoms with E-state index in [1.807, 2.05) is 43.7 Å². The largest absolute Gasteiger partial charge is 0.375 e. The van der Waals surface area contributed by atoms with Crippen LogP contribution in [0.1, 0.15) is 23.9 Å². The summed E-state index contributed by atoms with van der Waals surface area (Å²) in [5, 5.41) is 10.5. The summed E-state index contributed by atoms with van der Waals surface area (Å²) >= 11 is 0. The molecule has 2 N–H and O–H groups in total. The maximum absolute atomic E-state index is 12.2. The van der Waals surface area contributed by atoms with Crippen LogP contribution in [0, 0.1) is 13.8 Å². The van der Waals surface area contributed by atoms with E-state index < -0.39 is 0 Å². The molecule has 1 saturated heterocycles. The van der Waals surface area contributed by atoms with Crippen molar-refractivity contribution in [1.82, 2.24) is 25.4 Å². The number of carbonyl (C=O) groups is 1. The van der Waals surface area contributed by atoms with Crippen LogP contribution in [0.3, 0.4) is 0 Å². The van der Waals surface area contributed by atoms with Crippen LogP contribution in [0.15, 0.2) is 24.4 Å². The summed E-state index contributed by atoms with van der Waals surface area (Å²) in [7, 11) is 0. The molecule has 1 aliphatic rings. The highest BCUT2D eigenvalue weighted by Crippen LogP contribution is 2.10. The predicted octanol–water partition coefficient (Wildman–Crippen LogP) is 1.72. The lowest BCUT2D eigenvalue weighted by molar-refractivity contribution is -0.129. The quantitative estimate of drug-likeness (QED) is 0.814. The van der Waals surface area contributed by atoms with Gasteiger partial charge in [0.1, 0.15) is 6.04 Å². The van der Waals surface area contributed by atoms with Crippen molar-refractivity contribution in [2.75, 3.05) is 13.2 Å². The Morgan fingerprint density at radius 3 is 2.73 bits per heavy atom. The van der Waals surface area contributed by atoms with Gasteiger partial charge < -0.3 is 15.4 Å². The average Bonchev–Trinajstić information content (AvgIpc) is 2.92. The Morgan fingerprint density at radius 1 is 1.38 bits per heavy atom. The molecule has 0 aliphatic carbocycles. The van der Waals surface area contributed by atoms with Crippen molar-refractivity contribution in [3.63, 3.8) is 0 Å². The minimum atomic E-state index is -0.305. The Labute approximate surface area is 165 Å². The number of aromatic nitrogens is 3. The third kappa shape index (κ3) is 5.17. The van der Waals surface area contributed by atoms with Crippen molar-refractivity contribution in [1.29, 1.82) is 0 Å². The van der Waals surface area contributed by atoms with E-state index in [1.165, 1.54) is 0 Å². The number of hydrogen-bond donors (Lipinski definition) is 2. The van der Waals surface area contributed by atoms with Crippen molar-refractivity contribution >= 4 is 30.7 Å². The number of amides is 1. The van der Waals surface area contributed by atoms with Gasteiger partial charge in [-0.05, 0) is 38.5 Å². The van der Waals surface area contributed by atoms with Gasteiger partial charge in [-0.2, -0.15) is 5.10 Å². The van der Waals surface area contributed by atoms with E-state index in [4.69, 9.17) is 4.74 Å². The van der Waals surface area contributed by atoms with Gasteiger partial charge in [0.15, 0.2) is 5.82 Å². The first kappa shape index (κ1) is 22.4. The highest BCUT2D eigenvalue weighted by Gasteiger charge is 2.27. The molecule has 2 aromatic heterocycles. The first-order chi connectivity index (χ1) is 11.5. The van der Waals surface area contributed by atoms with Gasteiger partial charge in [-0.1, -0.05) is 6.07 Å². The Bertz CT molecular complexity index is 720. The molecule has 3 heterocycles. The first-order valence-corrected chi connectivity index (χ1v) is 8.16. The zero-order chi connectivity index (χ0) is 17.1. The summed E-state index contributed by atoms with van der Waals surface area (Å²) in [5.41, 5.74) is 2.94. The number of pyridine rings is 1. The lowest BCUT2D eigenvalue weighted by Crippen LogP contribution is -2.55. The van der Waals surface area contributed by atoms with Gasteiger partial charge in [0.2, 0.25) is 5.91 Å². The van der Waals surface area contributed by atoms with E-state index >= 15 is 0 Å². The summed E-state index contributed by atoms with van der Waals surface area (Å²) in [6.45, 7) is 7.63. The van der Waals surface area contributed by atoms with Gasteiger partial charge in [0.05, 0.1) is 18.4 Å².